The number of rotatable bonds is 7. The predicted octanol–water partition coefficient (Wildman–Crippen LogP) is 3.73. The Morgan fingerprint density at radius 2 is 1.92 bits per heavy atom. The molecule has 5 aromatic heterocycles. The third-order valence-electron chi connectivity index (χ3n) is 6.48. The smallest absolute Gasteiger partial charge is 0.261 e. The van der Waals surface area contributed by atoms with Gasteiger partial charge in [0, 0.05) is 32.6 Å². The molecule has 0 aromatic carbocycles. The number of imidazole rings is 1. The van der Waals surface area contributed by atoms with Crippen LogP contribution in [0.2, 0.25) is 0 Å². The predicted molar refractivity (Wildman–Crippen MR) is 148 cm³/mol. The van der Waals surface area contributed by atoms with E-state index in [1.165, 1.54) is 11.3 Å². The molecule has 0 spiro atoms. The maximum absolute atomic E-state index is 13.4. The average molecular weight is 533 g/mol. The number of fused-ring (bicyclic) bond motifs is 2. The van der Waals surface area contributed by atoms with E-state index in [4.69, 9.17) is 19.4 Å². The number of thiophene rings is 1. The molecule has 2 unspecified atom stereocenters. The highest BCUT2D eigenvalue weighted by Crippen LogP contribution is 2.36. The number of ether oxygens (including phenoxy) is 2. The van der Waals surface area contributed by atoms with Gasteiger partial charge in [-0.3, -0.25) is 4.79 Å². The molecule has 0 radical (unpaired) electrons. The molecule has 0 saturated carbocycles. The fraction of sp³-hybridized carbons (Fsp3) is 0.346. The summed E-state index contributed by atoms with van der Waals surface area (Å²) < 4.78 is 12.2. The minimum absolute atomic E-state index is 0.115. The van der Waals surface area contributed by atoms with Gasteiger partial charge in [0.05, 0.1) is 40.2 Å². The fourth-order valence-electron chi connectivity index (χ4n) is 4.93. The Balaban J connectivity index is 1.44. The lowest BCUT2D eigenvalue weighted by atomic mass is 10.1. The number of morpholine rings is 1. The number of anilines is 2. The zero-order valence-corrected chi connectivity index (χ0v) is 22.1. The molecular weight excluding hydrogens is 504 g/mol. The first-order valence-electron chi connectivity index (χ1n) is 12.4. The van der Waals surface area contributed by atoms with Crippen LogP contribution in [0.25, 0.3) is 32.8 Å². The van der Waals surface area contributed by atoms with E-state index in [1.54, 1.807) is 25.6 Å². The van der Waals surface area contributed by atoms with E-state index >= 15 is 0 Å². The van der Waals surface area contributed by atoms with Gasteiger partial charge < -0.3 is 29.7 Å². The second kappa shape index (κ2) is 10.1. The number of hydrogen-bond acceptors (Lipinski definition) is 10. The first kappa shape index (κ1) is 24.5. The van der Waals surface area contributed by atoms with Crippen molar-refractivity contribution in [2.75, 3.05) is 37.0 Å². The SMILES string of the molecule is COC[C@@H](Nc1c(-c2nc3nc(N4CC(C)OC(C)C4)ccc3[nH]2)c(=O)[nH]c2ccsc12)c1ncccn1. The second-order valence-corrected chi connectivity index (χ2v) is 10.3. The Hall–Kier alpha value is -3.87. The Morgan fingerprint density at radius 3 is 2.68 bits per heavy atom. The molecule has 5 aromatic rings. The number of hydrogen-bond donors (Lipinski definition) is 3. The van der Waals surface area contributed by atoms with Gasteiger partial charge in [0.25, 0.3) is 5.56 Å². The van der Waals surface area contributed by atoms with E-state index in [0.29, 0.717) is 35.2 Å². The van der Waals surface area contributed by atoms with Gasteiger partial charge >= 0.3 is 0 Å². The van der Waals surface area contributed by atoms with E-state index in [0.717, 1.165) is 34.6 Å². The van der Waals surface area contributed by atoms with Crippen molar-refractivity contribution in [3.8, 4) is 11.4 Å². The molecular formula is C26H28N8O3S. The van der Waals surface area contributed by atoms with Gasteiger partial charge in [0.15, 0.2) is 11.5 Å². The van der Waals surface area contributed by atoms with Crippen molar-refractivity contribution in [3.05, 3.63) is 58.2 Å². The maximum Gasteiger partial charge on any atom is 0.261 e. The quantitative estimate of drug-likeness (QED) is 0.287. The lowest BCUT2D eigenvalue weighted by Crippen LogP contribution is -2.45. The molecule has 3 N–H and O–H groups in total. The van der Waals surface area contributed by atoms with Crippen LogP contribution in [0, 0.1) is 0 Å². The summed E-state index contributed by atoms with van der Waals surface area (Å²) in [5.41, 5.74) is 2.80. The number of aromatic nitrogens is 6. The van der Waals surface area contributed by atoms with Crippen molar-refractivity contribution >= 4 is 44.2 Å². The molecule has 38 heavy (non-hydrogen) atoms. The van der Waals surface area contributed by atoms with Gasteiger partial charge in [-0.2, -0.15) is 0 Å². The minimum Gasteiger partial charge on any atom is -0.382 e. The van der Waals surface area contributed by atoms with Gasteiger partial charge in [0.2, 0.25) is 0 Å². The highest BCUT2D eigenvalue weighted by molar-refractivity contribution is 7.17. The first-order valence-corrected chi connectivity index (χ1v) is 13.3. The number of aromatic amines is 2. The average Bonchev–Trinajstić information content (AvgIpc) is 3.54. The summed E-state index contributed by atoms with van der Waals surface area (Å²) in [6.45, 7) is 5.95. The molecule has 1 saturated heterocycles. The van der Waals surface area contributed by atoms with Crippen molar-refractivity contribution in [1.82, 2.24) is 29.9 Å². The lowest BCUT2D eigenvalue weighted by molar-refractivity contribution is -0.00544. The molecule has 0 amide bonds. The molecule has 1 fully saturated rings. The molecule has 11 nitrogen and oxygen atoms in total. The largest absolute Gasteiger partial charge is 0.382 e. The van der Waals surface area contributed by atoms with Gasteiger partial charge in [-0.05, 0) is 43.5 Å². The zero-order chi connectivity index (χ0) is 26.2. The highest BCUT2D eigenvalue weighted by Gasteiger charge is 2.25. The summed E-state index contributed by atoms with van der Waals surface area (Å²) >= 11 is 1.53. The molecule has 6 heterocycles. The molecule has 6 rings (SSSR count). The van der Waals surface area contributed by atoms with Crippen LogP contribution in [0.3, 0.4) is 0 Å². The fourth-order valence-corrected chi connectivity index (χ4v) is 5.80. The number of nitrogens with zero attached hydrogens (tertiary/aromatic N) is 5. The minimum atomic E-state index is -0.383. The Morgan fingerprint density at radius 1 is 1.13 bits per heavy atom. The van der Waals surface area contributed by atoms with Crippen molar-refractivity contribution in [1.29, 1.82) is 0 Å². The van der Waals surface area contributed by atoms with Crippen LogP contribution in [0.15, 0.2) is 46.8 Å². The first-order chi connectivity index (χ1) is 18.5. The summed E-state index contributed by atoms with van der Waals surface area (Å²) in [4.78, 5) is 40.3. The van der Waals surface area contributed by atoms with Gasteiger partial charge in [-0.1, -0.05) is 0 Å². The van der Waals surface area contributed by atoms with Gasteiger partial charge in [-0.25, -0.2) is 19.9 Å². The summed E-state index contributed by atoms with van der Waals surface area (Å²) in [5, 5.41) is 5.43. The molecule has 196 valence electrons. The second-order valence-electron chi connectivity index (χ2n) is 9.42. The number of nitrogens with one attached hydrogen (secondary N) is 3. The lowest BCUT2D eigenvalue weighted by Gasteiger charge is -2.36. The van der Waals surface area contributed by atoms with E-state index in [2.05, 4.69) is 44.0 Å². The van der Waals surface area contributed by atoms with Crippen LogP contribution in [-0.4, -0.2) is 68.9 Å². The number of pyridine rings is 2. The van der Waals surface area contributed by atoms with Gasteiger partial charge in [0.1, 0.15) is 23.2 Å². The Bertz CT molecular complexity index is 1620. The maximum atomic E-state index is 13.4. The Kier molecular flexibility index (Phi) is 6.52. The summed E-state index contributed by atoms with van der Waals surface area (Å²) in [7, 11) is 1.62. The Labute approximate surface area is 222 Å². The normalized spacial score (nSPS) is 18.8. The summed E-state index contributed by atoms with van der Waals surface area (Å²) in [5.74, 6) is 1.83. The standard InChI is InChI=1S/C26H28N8O3S/c1-14-11-34(12-15(2)37-14)19-6-5-17-24(32-19)33-25(30-17)20-21(22-16(7-10-38-22)31-26(20)35)29-18(13-36-3)23-27-8-4-9-28-23/h4-10,14-15,18H,11-13H2,1-3H3,(H2,29,31,35)(H,30,32,33)/t14?,15?,18-/m1/s1. The van der Waals surface area contributed by atoms with Crippen molar-refractivity contribution in [3.63, 3.8) is 0 Å². The van der Waals surface area contributed by atoms with Crippen molar-refractivity contribution in [2.24, 2.45) is 0 Å². The molecule has 12 heteroatoms. The molecule has 3 atom stereocenters. The molecule has 0 bridgehead atoms. The molecule has 1 aliphatic heterocycles. The van der Waals surface area contributed by atoms with Crippen LogP contribution in [-0.2, 0) is 9.47 Å². The third-order valence-corrected chi connectivity index (χ3v) is 7.41. The highest BCUT2D eigenvalue weighted by atomic mass is 32.1. The van der Waals surface area contributed by atoms with Crippen LogP contribution >= 0.6 is 11.3 Å². The van der Waals surface area contributed by atoms with Crippen LogP contribution in [0.4, 0.5) is 11.5 Å². The van der Waals surface area contributed by atoms with E-state index in [-0.39, 0.29) is 23.8 Å². The monoisotopic (exact) mass is 532 g/mol. The van der Waals surface area contributed by atoms with Crippen molar-refractivity contribution < 1.29 is 9.47 Å². The topological polar surface area (TPSA) is 134 Å². The third kappa shape index (κ3) is 4.62. The van der Waals surface area contributed by atoms with Crippen molar-refractivity contribution in [2.45, 2.75) is 32.1 Å². The van der Waals surface area contributed by atoms with Crippen LogP contribution in [0.1, 0.15) is 25.7 Å². The molecule has 0 aliphatic carbocycles. The summed E-state index contributed by atoms with van der Waals surface area (Å²) in [6, 6.07) is 7.19. The van der Waals surface area contributed by atoms with Gasteiger partial charge in [-0.15, -0.1) is 11.3 Å². The number of methoxy groups -OCH3 is 1. The zero-order valence-electron chi connectivity index (χ0n) is 21.3. The molecule has 1 aliphatic rings. The van der Waals surface area contributed by atoms with Crippen LogP contribution < -0.4 is 15.8 Å². The van der Waals surface area contributed by atoms with E-state index in [1.807, 2.05) is 23.6 Å². The summed E-state index contributed by atoms with van der Waals surface area (Å²) in [6.07, 6.45) is 3.60. The number of H-pyrrole nitrogens is 2. The van der Waals surface area contributed by atoms with E-state index < -0.39 is 0 Å². The van der Waals surface area contributed by atoms with Crippen LogP contribution in [0.5, 0.6) is 0 Å². The van der Waals surface area contributed by atoms with E-state index in [9.17, 15) is 4.79 Å².